The molecule has 1 amide bonds. The quantitative estimate of drug-likeness (QED) is 0.593. The Morgan fingerprint density at radius 3 is 2.46 bits per heavy atom. The van der Waals surface area contributed by atoms with Crippen molar-refractivity contribution in [3.05, 3.63) is 24.3 Å². The van der Waals surface area contributed by atoms with E-state index in [1.165, 1.54) is 0 Å². The van der Waals surface area contributed by atoms with E-state index in [9.17, 15) is 4.79 Å². The molecule has 1 aromatic rings. The molecule has 1 rings (SSSR count). The van der Waals surface area contributed by atoms with Gasteiger partial charge in [0.05, 0.1) is 0 Å². The molecule has 4 nitrogen and oxygen atoms in total. The molecule has 0 saturated carbocycles. The van der Waals surface area contributed by atoms with Crippen LogP contribution in [0, 0.1) is 0 Å². The third-order valence-electron chi connectivity index (χ3n) is 1.57. The second kappa shape index (κ2) is 4.47. The first-order valence-electron chi connectivity index (χ1n) is 4.08. The van der Waals surface area contributed by atoms with Gasteiger partial charge in [0, 0.05) is 24.3 Å². The van der Waals surface area contributed by atoms with E-state index in [4.69, 9.17) is 11.5 Å². The zero-order valence-corrected chi connectivity index (χ0v) is 7.29. The minimum Gasteiger partial charge on any atom is -0.399 e. The number of benzene rings is 1. The zero-order valence-electron chi connectivity index (χ0n) is 7.29. The number of nitrogen functional groups attached to an aromatic ring is 1. The van der Waals surface area contributed by atoms with Crippen molar-refractivity contribution in [2.45, 2.75) is 6.42 Å². The Bertz CT molecular complexity index is 281. The summed E-state index contributed by atoms with van der Waals surface area (Å²) in [7, 11) is 0. The number of amides is 1. The van der Waals surface area contributed by atoms with E-state index in [2.05, 4.69) is 5.32 Å². The van der Waals surface area contributed by atoms with Gasteiger partial charge in [0.25, 0.3) is 0 Å². The van der Waals surface area contributed by atoms with Crippen molar-refractivity contribution in [2.75, 3.05) is 17.6 Å². The molecule has 0 aliphatic heterocycles. The topological polar surface area (TPSA) is 81.1 Å². The van der Waals surface area contributed by atoms with E-state index in [-0.39, 0.29) is 5.91 Å². The Kier molecular flexibility index (Phi) is 3.28. The second-order valence-electron chi connectivity index (χ2n) is 2.71. The van der Waals surface area contributed by atoms with Crippen molar-refractivity contribution >= 4 is 17.3 Å². The van der Waals surface area contributed by atoms with E-state index in [1.54, 1.807) is 24.3 Å². The number of hydrogen-bond acceptors (Lipinski definition) is 3. The maximum Gasteiger partial charge on any atom is 0.225 e. The molecule has 13 heavy (non-hydrogen) atoms. The third kappa shape index (κ3) is 3.13. The Hall–Kier alpha value is -1.55. The van der Waals surface area contributed by atoms with Crippen LogP contribution >= 0.6 is 0 Å². The standard InChI is InChI=1S/C9H13N3O/c10-6-5-9(13)12-8-3-1-7(11)2-4-8/h1-4H,5-6,10-11H2,(H,12,13). The molecule has 0 spiro atoms. The van der Waals surface area contributed by atoms with Gasteiger partial charge in [0.1, 0.15) is 0 Å². The molecule has 1 aromatic carbocycles. The van der Waals surface area contributed by atoms with E-state index >= 15 is 0 Å². The summed E-state index contributed by atoms with van der Waals surface area (Å²) in [6.07, 6.45) is 0.338. The molecule has 70 valence electrons. The van der Waals surface area contributed by atoms with Crippen molar-refractivity contribution in [1.82, 2.24) is 0 Å². The number of carbonyl (C=O) groups is 1. The molecule has 0 atom stereocenters. The van der Waals surface area contributed by atoms with Crippen LogP contribution in [0.5, 0.6) is 0 Å². The minimum atomic E-state index is -0.0766. The highest BCUT2D eigenvalue weighted by molar-refractivity contribution is 5.90. The van der Waals surface area contributed by atoms with Crippen LogP contribution in [0.3, 0.4) is 0 Å². The average Bonchev–Trinajstić information content (AvgIpc) is 2.09. The molecule has 0 radical (unpaired) electrons. The first-order valence-corrected chi connectivity index (χ1v) is 4.08. The number of nitrogens with two attached hydrogens (primary N) is 2. The van der Waals surface area contributed by atoms with Crippen LogP contribution in [-0.4, -0.2) is 12.5 Å². The lowest BCUT2D eigenvalue weighted by molar-refractivity contribution is -0.116. The maximum atomic E-state index is 11.1. The van der Waals surface area contributed by atoms with Crippen molar-refractivity contribution in [3.8, 4) is 0 Å². The first kappa shape index (κ1) is 9.54. The Balaban J connectivity index is 2.54. The second-order valence-corrected chi connectivity index (χ2v) is 2.71. The lowest BCUT2D eigenvalue weighted by Crippen LogP contribution is -2.16. The van der Waals surface area contributed by atoms with Crippen LogP contribution in [0.25, 0.3) is 0 Å². The van der Waals surface area contributed by atoms with E-state index < -0.39 is 0 Å². The van der Waals surface area contributed by atoms with E-state index in [0.29, 0.717) is 18.7 Å². The summed E-state index contributed by atoms with van der Waals surface area (Å²) in [4.78, 5) is 11.1. The summed E-state index contributed by atoms with van der Waals surface area (Å²) in [6.45, 7) is 0.362. The van der Waals surface area contributed by atoms with Crippen molar-refractivity contribution < 1.29 is 4.79 Å². The molecule has 4 heteroatoms. The highest BCUT2D eigenvalue weighted by Gasteiger charge is 1.99. The highest BCUT2D eigenvalue weighted by Crippen LogP contribution is 2.10. The average molecular weight is 179 g/mol. The fourth-order valence-electron chi connectivity index (χ4n) is 0.921. The van der Waals surface area contributed by atoms with Gasteiger partial charge >= 0.3 is 0 Å². The maximum absolute atomic E-state index is 11.1. The lowest BCUT2D eigenvalue weighted by atomic mass is 10.3. The predicted molar refractivity (Wildman–Crippen MR) is 53.2 cm³/mol. The zero-order chi connectivity index (χ0) is 9.68. The molecule has 0 unspecified atom stereocenters. The number of nitrogens with one attached hydrogen (secondary N) is 1. The minimum absolute atomic E-state index is 0.0766. The van der Waals surface area contributed by atoms with Gasteiger partial charge in [-0.1, -0.05) is 0 Å². The summed E-state index contributed by atoms with van der Waals surface area (Å²) >= 11 is 0. The SMILES string of the molecule is NCCC(=O)Nc1ccc(N)cc1. The van der Waals surface area contributed by atoms with Gasteiger partial charge in [0.15, 0.2) is 0 Å². The van der Waals surface area contributed by atoms with Crippen LogP contribution in [0.2, 0.25) is 0 Å². The van der Waals surface area contributed by atoms with Crippen LogP contribution in [0.1, 0.15) is 6.42 Å². The molecule has 0 aliphatic carbocycles. The first-order chi connectivity index (χ1) is 6.22. The summed E-state index contributed by atoms with van der Waals surface area (Å²) < 4.78 is 0. The Morgan fingerprint density at radius 1 is 1.31 bits per heavy atom. The molecule has 0 heterocycles. The molecule has 0 aliphatic rings. The molecular weight excluding hydrogens is 166 g/mol. The van der Waals surface area contributed by atoms with Gasteiger partial charge in [0.2, 0.25) is 5.91 Å². The molecule has 0 fully saturated rings. The Labute approximate surface area is 76.9 Å². The smallest absolute Gasteiger partial charge is 0.225 e. The molecular formula is C9H13N3O. The van der Waals surface area contributed by atoms with Crippen LogP contribution in [0.4, 0.5) is 11.4 Å². The van der Waals surface area contributed by atoms with Crippen LogP contribution in [0.15, 0.2) is 24.3 Å². The van der Waals surface area contributed by atoms with Crippen LogP contribution in [-0.2, 0) is 4.79 Å². The lowest BCUT2D eigenvalue weighted by Gasteiger charge is -2.03. The summed E-state index contributed by atoms with van der Waals surface area (Å²) in [5, 5.41) is 2.70. The normalized spacial score (nSPS) is 9.62. The number of rotatable bonds is 3. The van der Waals surface area contributed by atoms with Crippen LogP contribution < -0.4 is 16.8 Å². The summed E-state index contributed by atoms with van der Waals surface area (Å²) in [5.41, 5.74) is 12.1. The number of carbonyl (C=O) groups excluding carboxylic acids is 1. The number of anilines is 2. The molecule has 5 N–H and O–H groups in total. The molecule has 0 saturated heterocycles. The van der Waals surface area contributed by atoms with Crippen molar-refractivity contribution in [1.29, 1.82) is 0 Å². The fourth-order valence-corrected chi connectivity index (χ4v) is 0.921. The van der Waals surface area contributed by atoms with E-state index in [0.717, 1.165) is 5.69 Å². The van der Waals surface area contributed by atoms with Crippen molar-refractivity contribution in [2.24, 2.45) is 5.73 Å². The van der Waals surface area contributed by atoms with E-state index in [1.807, 2.05) is 0 Å². The highest BCUT2D eigenvalue weighted by atomic mass is 16.1. The van der Waals surface area contributed by atoms with Crippen molar-refractivity contribution in [3.63, 3.8) is 0 Å². The Morgan fingerprint density at radius 2 is 1.92 bits per heavy atom. The van der Waals surface area contributed by atoms with Gasteiger partial charge < -0.3 is 16.8 Å². The molecule has 0 bridgehead atoms. The third-order valence-corrected chi connectivity index (χ3v) is 1.57. The summed E-state index contributed by atoms with van der Waals surface area (Å²) in [6, 6.07) is 6.98. The van der Waals surface area contributed by atoms with Gasteiger partial charge in [-0.15, -0.1) is 0 Å². The van der Waals surface area contributed by atoms with Gasteiger partial charge in [-0.2, -0.15) is 0 Å². The van der Waals surface area contributed by atoms with Gasteiger partial charge in [-0.05, 0) is 24.3 Å². The fraction of sp³-hybridized carbons (Fsp3) is 0.222. The van der Waals surface area contributed by atoms with Gasteiger partial charge in [-0.3, -0.25) is 4.79 Å². The van der Waals surface area contributed by atoms with Gasteiger partial charge in [-0.25, -0.2) is 0 Å². The predicted octanol–water partition coefficient (Wildman–Crippen LogP) is 0.556. The summed E-state index contributed by atoms with van der Waals surface area (Å²) in [5.74, 6) is -0.0766. The largest absolute Gasteiger partial charge is 0.399 e. The monoisotopic (exact) mass is 179 g/mol. The molecule has 0 aromatic heterocycles. The number of hydrogen-bond donors (Lipinski definition) is 3.